The zero-order valence-electron chi connectivity index (χ0n) is 11.5. The maximum absolute atomic E-state index is 12.7. The normalized spacial score (nSPS) is 19.5. The molecule has 0 saturated carbocycles. The van der Waals surface area contributed by atoms with E-state index in [1.165, 1.54) is 4.31 Å². The van der Waals surface area contributed by atoms with Gasteiger partial charge in [0.15, 0.2) is 0 Å². The van der Waals surface area contributed by atoms with Crippen LogP contribution in [0.15, 0.2) is 47.4 Å². The Balaban J connectivity index is 2.09. The molecule has 0 N–H and O–H groups in total. The molecule has 0 aliphatic carbocycles. The average Bonchev–Trinajstić information content (AvgIpc) is 2.78. The van der Waals surface area contributed by atoms with Gasteiger partial charge in [-0.2, -0.15) is 4.31 Å². The Morgan fingerprint density at radius 3 is 2.45 bits per heavy atom. The summed E-state index contributed by atoms with van der Waals surface area (Å²) in [7, 11) is -3.53. The molecule has 0 amide bonds. The molecule has 0 unspecified atom stereocenters. The smallest absolute Gasteiger partial charge is 0.245 e. The van der Waals surface area contributed by atoms with Crippen LogP contribution in [-0.2, 0) is 14.8 Å². The number of nitrogens with zero attached hydrogens (tertiary/aromatic N) is 1. The van der Waals surface area contributed by atoms with Crippen molar-refractivity contribution < 1.29 is 13.2 Å². The number of ether oxygens (including phenoxy) is 1. The zero-order chi connectivity index (χ0) is 14.4. The van der Waals surface area contributed by atoms with E-state index in [4.69, 9.17) is 4.74 Å². The van der Waals surface area contributed by atoms with Gasteiger partial charge >= 0.3 is 0 Å². The fourth-order valence-corrected chi connectivity index (χ4v) is 4.16. The predicted molar refractivity (Wildman–Crippen MR) is 77.9 cm³/mol. The van der Waals surface area contributed by atoms with Crippen molar-refractivity contribution in [1.29, 1.82) is 0 Å². The molecule has 5 heteroatoms. The van der Waals surface area contributed by atoms with Crippen LogP contribution < -0.4 is 0 Å². The number of fused-ring (bicyclic) bond motifs is 1. The highest BCUT2D eigenvalue weighted by atomic mass is 32.2. The fourth-order valence-electron chi connectivity index (χ4n) is 2.47. The summed E-state index contributed by atoms with van der Waals surface area (Å²) in [5, 5.41) is 1.95. The largest absolute Gasteiger partial charge is 0.363 e. The molecule has 0 atom stereocenters. The molecule has 2 aromatic rings. The number of hydrogen-bond acceptors (Lipinski definition) is 3. The van der Waals surface area contributed by atoms with Gasteiger partial charge in [-0.1, -0.05) is 30.3 Å². The lowest BCUT2D eigenvalue weighted by atomic mass is 10.1. The molecule has 1 heterocycles. The van der Waals surface area contributed by atoms with Gasteiger partial charge in [0.2, 0.25) is 10.0 Å². The van der Waals surface area contributed by atoms with E-state index in [-0.39, 0.29) is 6.73 Å². The Kier molecular flexibility index (Phi) is 3.08. The van der Waals surface area contributed by atoms with Gasteiger partial charge in [0.25, 0.3) is 0 Å². The minimum atomic E-state index is -3.53. The van der Waals surface area contributed by atoms with Gasteiger partial charge in [-0.25, -0.2) is 8.42 Å². The maximum Gasteiger partial charge on any atom is 0.245 e. The number of sulfonamides is 1. The standard InChI is InChI=1S/C15H17NO3S/c1-15(2)10-19-11-16(15)20(17,18)14-8-7-12-5-3-4-6-13(12)9-14/h3-9H,10-11H2,1-2H3. The molecular formula is C15H17NO3S. The van der Waals surface area contributed by atoms with Crippen LogP contribution in [0.5, 0.6) is 0 Å². The highest BCUT2D eigenvalue weighted by Crippen LogP contribution is 2.30. The van der Waals surface area contributed by atoms with Gasteiger partial charge in [-0.05, 0) is 36.8 Å². The van der Waals surface area contributed by atoms with Gasteiger partial charge in [0.1, 0.15) is 6.73 Å². The fraction of sp³-hybridized carbons (Fsp3) is 0.333. The lowest BCUT2D eigenvalue weighted by Crippen LogP contribution is -2.44. The van der Waals surface area contributed by atoms with E-state index in [0.29, 0.717) is 11.5 Å². The molecule has 0 spiro atoms. The highest BCUT2D eigenvalue weighted by Gasteiger charge is 2.42. The van der Waals surface area contributed by atoms with Crippen LogP contribution in [0.25, 0.3) is 10.8 Å². The van der Waals surface area contributed by atoms with E-state index >= 15 is 0 Å². The highest BCUT2D eigenvalue weighted by molar-refractivity contribution is 7.89. The van der Waals surface area contributed by atoms with Gasteiger partial charge in [-0.3, -0.25) is 0 Å². The van der Waals surface area contributed by atoms with E-state index in [1.807, 2.05) is 44.2 Å². The predicted octanol–water partition coefficient (Wildman–Crippen LogP) is 2.60. The molecule has 106 valence electrons. The summed E-state index contributed by atoms with van der Waals surface area (Å²) >= 11 is 0. The zero-order valence-corrected chi connectivity index (χ0v) is 12.4. The Hall–Kier alpha value is -1.43. The lowest BCUT2D eigenvalue weighted by molar-refractivity contribution is 0.171. The first kappa shape index (κ1) is 13.5. The van der Waals surface area contributed by atoms with Crippen molar-refractivity contribution in [1.82, 2.24) is 4.31 Å². The molecule has 4 nitrogen and oxygen atoms in total. The molecular weight excluding hydrogens is 274 g/mol. The Morgan fingerprint density at radius 2 is 1.80 bits per heavy atom. The summed E-state index contributed by atoms with van der Waals surface area (Å²) in [5.41, 5.74) is -0.509. The minimum absolute atomic E-state index is 0.113. The number of benzene rings is 2. The van der Waals surface area contributed by atoms with Crippen molar-refractivity contribution in [3.63, 3.8) is 0 Å². The van der Waals surface area contributed by atoms with Crippen molar-refractivity contribution in [3.8, 4) is 0 Å². The van der Waals surface area contributed by atoms with Crippen LogP contribution in [0.4, 0.5) is 0 Å². The first-order chi connectivity index (χ1) is 9.41. The molecule has 0 aromatic heterocycles. The molecule has 3 rings (SSSR count). The van der Waals surface area contributed by atoms with E-state index in [2.05, 4.69) is 0 Å². The molecule has 1 aliphatic heterocycles. The summed E-state index contributed by atoms with van der Waals surface area (Å²) < 4.78 is 32.2. The van der Waals surface area contributed by atoms with Crippen LogP contribution in [-0.4, -0.2) is 31.6 Å². The minimum Gasteiger partial charge on any atom is -0.363 e. The third-order valence-corrected chi connectivity index (χ3v) is 5.68. The van der Waals surface area contributed by atoms with Gasteiger partial charge < -0.3 is 4.74 Å². The molecule has 1 aliphatic rings. The van der Waals surface area contributed by atoms with E-state index in [9.17, 15) is 8.42 Å². The van der Waals surface area contributed by atoms with Gasteiger partial charge in [0, 0.05) is 0 Å². The van der Waals surface area contributed by atoms with Crippen LogP contribution in [0.3, 0.4) is 0 Å². The second-order valence-corrected chi connectivity index (χ2v) is 7.51. The summed E-state index contributed by atoms with van der Waals surface area (Å²) in [6.07, 6.45) is 0. The Bertz CT molecular complexity index is 753. The van der Waals surface area contributed by atoms with Crippen LogP contribution in [0, 0.1) is 0 Å². The maximum atomic E-state index is 12.7. The summed E-state index contributed by atoms with van der Waals surface area (Å²) in [4.78, 5) is 0.315. The monoisotopic (exact) mass is 291 g/mol. The third kappa shape index (κ3) is 2.12. The van der Waals surface area contributed by atoms with Crippen molar-refractivity contribution in [2.24, 2.45) is 0 Å². The molecule has 2 aromatic carbocycles. The quantitative estimate of drug-likeness (QED) is 0.854. The lowest BCUT2D eigenvalue weighted by Gasteiger charge is -2.28. The van der Waals surface area contributed by atoms with Crippen molar-refractivity contribution >= 4 is 20.8 Å². The van der Waals surface area contributed by atoms with Crippen molar-refractivity contribution in [3.05, 3.63) is 42.5 Å². The number of rotatable bonds is 2. The van der Waals surface area contributed by atoms with Crippen molar-refractivity contribution in [2.75, 3.05) is 13.3 Å². The second kappa shape index (κ2) is 4.55. The number of hydrogen-bond donors (Lipinski definition) is 0. The first-order valence-electron chi connectivity index (χ1n) is 6.51. The van der Waals surface area contributed by atoms with Crippen LogP contribution >= 0.6 is 0 Å². The molecule has 0 radical (unpaired) electrons. The molecule has 0 bridgehead atoms. The third-order valence-electron chi connectivity index (χ3n) is 3.65. The van der Waals surface area contributed by atoms with Crippen LogP contribution in [0.1, 0.15) is 13.8 Å². The summed E-state index contributed by atoms with van der Waals surface area (Å²) in [6.45, 7) is 4.28. The Labute approximate surface area is 119 Å². The van der Waals surface area contributed by atoms with Gasteiger partial charge in [-0.15, -0.1) is 0 Å². The molecule has 1 saturated heterocycles. The first-order valence-corrected chi connectivity index (χ1v) is 7.95. The SMILES string of the molecule is CC1(C)COCN1S(=O)(=O)c1ccc2ccccc2c1. The van der Waals surface area contributed by atoms with E-state index in [1.54, 1.807) is 12.1 Å². The topological polar surface area (TPSA) is 46.6 Å². The summed E-state index contributed by atoms with van der Waals surface area (Å²) in [5.74, 6) is 0. The van der Waals surface area contributed by atoms with Crippen molar-refractivity contribution in [2.45, 2.75) is 24.3 Å². The van der Waals surface area contributed by atoms with E-state index < -0.39 is 15.6 Å². The van der Waals surface area contributed by atoms with E-state index in [0.717, 1.165) is 10.8 Å². The molecule has 1 fully saturated rings. The van der Waals surface area contributed by atoms with Gasteiger partial charge in [0.05, 0.1) is 17.0 Å². The molecule has 20 heavy (non-hydrogen) atoms. The second-order valence-electron chi connectivity index (χ2n) is 5.65. The average molecular weight is 291 g/mol. The summed E-state index contributed by atoms with van der Waals surface area (Å²) in [6, 6.07) is 12.9. The Morgan fingerprint density at radius 1 is 1.10 bits per heavy atom. The van der Waals surface area contributed by atoms with Crippen LogP contribution in [0.2, 0.25) is 0 Å².